The number of aryl methyl sites for hydroxylation is 1. The van der Waals surface area contributed by atoms with Crippen molar-refractivity contribution in [3.8, 4) is 0 Å². The molecule has 2 fully saturated rings. The van der Waals surface area contributed by atoms with Crippen molar-refractivity contribution in [3.05, 3.63) is 35.4 Å². The Morgan fingerprint density at radius 2 is 1.62 bits per heavy atom. The van der Waals surface area contributed by atoms with Gasteiger partial charge in [0.25, 0.3) is 0 Å². The molecule has 0 aromatic heterocycles. The molecule has 1 aromatic carbocycles. The van der Waals surface area contributed by atoms with E-state index in [0.29, 0.717) is 6.04 Å². The van der Waals surface area contributed by atoms with Gasteiger partial charge in [0.1, 0.15) is 0 Å². The zero-order valence-corrected chi connectivity index (χ0v) is 13.9. The first-order chi connectivity index (χ1) is 10.1. The Balaban J connectivity index is 1.73. The van der Waals surface area contributed by atoms with E-state index < -0.39 is 0 Å². The van der Waals surface area contributed by atoms with Gasteiger partial charge in [0, 0.05) is 12.1 Å². The first-order valence-electron chi connectivity index (χ1n) is 8.98. The lowest BCUT2D eigenvalue weighted by molar-refractivity contribution is 0.187. The van der Waals surface area contributed by atoms with Crippen LogP contribution in [0.1, 0.15) is 69.5 Å². The molecule has 1 aromatic rings. The van der Waals surface area contributed by atoms with Crippen molar-refractivity contribution in [2.24, 2.45) is 17.8 Å². The van der Waals surface area contributed by atoms with E-state index in [4.69, 9.17) is 0 Å². The fraction of sp³-hybridized carbons (Fsp3) is 0.700. The Hall–Kier alpha value is -0.820. The van der Waals surface area contributed by atoms with Gasteiger partial charge in [-0.2, -0.15) is 0 Å². The average molecular weight is 285 g/mol. The van der Waals surface area contributed by atoms with Crippen LogP contribution in [0.3, 0.4) is 0 Å². The second kappa shape index (κ2) is 6.52. The van der Waals surface area contributed by atoms with Crippen molar-refractivity contribution in [2.45, 2.75) is 71.4 Å². The minimum atomic E-state index is 0.593. The molecule has 1 heteroatoms. The third-order valence-corrected chi connectivity index (χ3v) is 5.60. The van der Waals surface area contributed by atoms with E-state index in [1.807, 2.05) is 0 Å². The van der Waals surface area contributed by atoms with E-state index in [1.165, 1.54) is 49.7 Å². The number of rotatable bonds is 5. The lowest BCUT2D eigenvalue weighted by Gasteiger charge is -2.38. The third kappa shape index (κ3) is 3.69. The van der Waals surface area contributed by atoms with E-state index in [0.717, 1.165) is 23.8 Å². The van der Waals surface area contributed by atoms with Crippen LogP contribution in [-0.2, 0) is 0 Å². The predicted octanol–water partition coefficient (Wildman–Crippen LogP) is 5.25. The van der Waals surface area contributed by atoms with Crippen LogP contribution in [0.2, 0.25) is 0 Å². The molecule has 0 spiro atoms. The first kappa shape index (κ1) is 15.1. The third-order valence-electron chi connectivity index (χ3n) is 5.60. The SMILES string of the molecule is Cc1ccc(C(NC2CCCCC2C(C)C)C2CC2)cc1. The van der Waals surface area contributed by atoms with Gasteiger partial charge in [0.15, 0.2) is 0 Å². The summed E-state index contributed by atoms with van der Waals surface area (Å²) in [5.41, 5.74) is 2.88. The van der Waals surface area contributed by atoms with Crippen LogP contribution in [-0.4, -0.2) is 6.04 Å². The quantitative estimate of drug-likeness (QED) is 0.779. The Morgan fingerprint density at radius 1 is 0.952 bits per heavy atom. The molecule has 3 rings (SSSR count). The highest BCUT2D eigenvalue weighted by atomic mass is 15.0. The molecule has 3 unspecified atom stereocenters. The van der Waals surface area contributed by atoms with Crippen LogP contribution in [0.4, 0.5) is 0 Å². The van der Waals surface area contributed by atoms with Gasteiger partial charge in [-0.05, 0) is 55.9 Å². The van der Waals surface area contributed by atoms with Crippen LogP contribution in [0.5, 0.6) is 0 Å². The second-order valence-electron chi connectivity index (χ2n) is 7.69. The Morgan fingerprint density at radius 3 is 2.24 bits per heavy atom. The van der Waals surface area contributed by atoms with E-state index in [-0.39, 0.29) is 0 Å². The molecule has 21 heavy (non-hydrogen) atoms. The van der Waals surface area contributed by atoms with Crippen LogP contribution < -0.4 is 5.32 Å². The van der Waals surface area contributed by atoms with Gasteiger partial charge in [0.2, 0.25) is 0 Å². The molecule has 0 aliphatic heterocycles. The number of nitrogens with one attached hydrogen (secondary N) is 1. The molecule has 0 bridgehead atoms. The number of hydrogen-bond acceptors (Lipinski definition) is 1. The van der Waals surface area contributed by atoms with Crippen LogP contribution >= 0.6 is 0 Å². The molecule has 1 nitrogen and oxygen atoms in total. The summed E-state index contributed by atoms with van der Waals surface area (Å²) in [6.45, 7) is 6.99. The Bertz CT molecular complexity index is 443. The van der Waals surface area contributed by atoms with E-state index in [1.54, 1.807) is 0 Å². The summed E-state index contributed by atoms with van der Waals surface area (Å²) in [6, 6.07) is 10.6. The predicted molar refractivity (Wildman–Crippen MR) is 90.4 cm³/mol. The summed E-state index contributed by atoms with van der Waals surface area (Å²) < 4.78 is 0. The summed E-state index contributed by atoms with van der Waals surface area (Å²) in [4.78, 5) is 0. The molecule has 1 N–H and O–H groups in total. The van der Waals surface area contributed by atoms with Gasteiger partial charge in [-0.3, -0.25) is 0 Å². The van der Waals surface area contributed by atoms with Crippen molar-refractivity contribution in [1.82, 2.24) is 5.32 Å². The lowest BCUT2D eigenvalue weighted by Crippen LogP contribution is -2.43. The molecule has 0 radical (unpaired) electrons. The van der Waals surface area contributed by atoms with Gasteiger partial charge in [0.05, 0.1) is 0 Å². The van der Waals surface area contributed by atoms with Crippen LogP contribution in [0.15, 0.2) is 24.3 Å². The van der Waals surface area contributed by atoms with Crippen molar-refractivity contribution in [3.63, 3.8) is 0 Å². The molecule has 116 valence electrons. The zero-order chi connectivity index (χ0) is 14.8. The molecule has 0 amide bonds. The maximum absolute atomic E-state index is 4.09. The zero-order valence-electron chi connectivity index (χ0n) is 13.9. The van der Waals surface area contributed by atoms with Crippen LogP contribution in [0.25, 0.3) is 0 Å². The molecule has 2 aliphatic rings. The average Bonchev–Trinajstić information content (AvgIpc) is 3.31. The first-order valence-corrected chi connectivity index (χ1v) is 8.98. The second-order valence-corrected chi connectivity index (χ2v) is 7.69. The molecule has 2 aliphatic carbocycles. The number of benzene rings is 1. The van der Waals surface area contributed by atoms with Crippen molar-refractivity contribution in [2.75, 3.05) is 0 Å². The van der Waals surface area contributed by atoms with Gasteiger partial charge in [-0.1, -0.05) is 56.5 Å². The topological polar surface area (TPSA) is 12.0 Å². The molecule has 3 atom stereocenters. The van der Waals surface area contributed by atoms with E-state index in [2.05, 4.69) is 50.4 Å². The summed E-state index contributed by atoms with van der Waals surface area (Å²) in [7, 11) is 0. The monoisotopic (exact) mass is 285 g/mol. The summed E-state index contributed by atoms with van der Waals surface area (Å²) in [6.07, 6.45) is 8.44. The van der Waals surface area contributed by atoms with E-state index in [9.17, 15) is 0 Å². The summed E-state index contributed by atoms with van der Waals surface area (Å²) in [5, 5.41) is 4.09. The maximum atomic E-state index is 4.09. The summed E-state index contributed by atoms with van der Waals surface area (Å²) >= 11 is 0. The largest absolute Gasteiger partial charge is 0.307 e. The summed E-state index contributed by atoms with van der Waals surface area (Å²) in [5.74, 6) is 2.55. The standard InChI is InChI=1S/C20H31N/c1-14(2)18-6-4-5-7-19(18)21-20(17-12-13-17)16-10-8-15(3)9-11-16/h8-11,14,17-21H,4-7,12-13H2,1-3H3. The maximum Gasteiger partial charge on any atom is 0.0351 e. The van der Waals surface area contributed by atoms with Crippen LogP contribution in [0, 0.1) is 24.7 Å². The van der Waals surface area contributed by atoms with Crippen molar-refractivity contribution in [1.29, 1.82) is 0 Å². The van der Waals surface area contributed by atoms with Crippen molar-refractivity contribution < 1.29 is 0 Å². The van der Waals surface area contributed by atoms with Gasteiger partial charge in [-0.25, -0.2) is 0 Å². The highest BCUT2D eigenvalue weighted by Crippen LogP contribution is 2.43. The molecular formula is C20H31N. The smallest absolute Gasteiger partial charge is 0.0351 e. The lowest BCUT2D eigenvalue weighted by atomic mass is 9.77. The number of hydrogen-bond donors (Lipinski definition) is 1. The molecular weight excluding hydrogens is 254 g/mol. The molecule has 2 saturated carbocycles. The fourth-order valence-electron chi connectivity index (χ4n) is 4.10. The minimum Gasteiger partial charge on any atom is -0.307 e. The fourth-order valence-corrected chi connectivity index (χ4v) is 4.10. The van der Waals surface area contributed by atoms with E-state index >= 15 is 0 Å². The van der Waals surface area contributed by atoms with Gasteiger partial charge >= 0.3 is 0 Å². The molecule has 0 heterocycles. The highest BCUT2D eigenvalue weighted by Gasteiger charge is 2.36. The minimum absolute atomic E-state index is 0.593. The molecule has 0 saturated heterocycles. The van der Waals surface area contributed by atoms with Crippen molar-refractivity contribution >= 4 is 0 Å². The normalized spacial score (nSPS) is 27.8. The Labute approximate surface area is 130 Å². The Kier molecular flexibility index (Phi) is 4.69. The van der Waals surface area contributed by atoms with Gasteiger partial charge < -0.3 is 5.32 Å². The highest BCUT2D eigenvalue weighted by molar-refractivity contribution is 5.25. The van der Waals surface area contributed by atoms with Gasteiger partial charge in [-0.15, -0.1) is 0 Å².